The number of hydrogen-bond acceptors (Lipinski definition) is 9. The highest BCUT2D eigenvalue weighted by Crippen LogP contribution is 2.31. The molecule has 1 aliphatic heterocycles. The Morgan fingerprint density at radius 2 is 1.97 bits per heavy atom. The Bertz CT molecular complexity index is 1100. The van der Waals surface area contributed by atoms with Crippen molar-refractivity contribution in [2.75, 3.05) is 18.5 Å². The molecule has 0 saturated heterocycles. The van der Waals surface area contributed by atoms with Crippen molar-refractivity contribution in [1.82, 2.24) is 4.98 Å². The van der Waals surface area contributed by atoms with Crippen LogP contribution in [-0.4, -0.2) is 63.5 Å². The van der Waals surface area contributed by atoms with E-state index in [1.54, 1.807) is 26.1 Å². The number of rotatable bonds is 6. The number of ether oxygens (including phenoxy) is 2. The van der Waals surface area contributed by atoms with Gasteiger partial charge in [-0.05, 0) is 49.6 Å². The van der Waals surface area contributed by atoms with Crippen LogP contribution in [0.15, 0.2) is 54.8 Å². The number of ketones is 1. The van der Waals surface area contributed by atoms with Crippen LogP contribution in [0.5, 0.6) is 11.5 Å². The average Bonchev–Trinajstić information content (AvgIpc) is 2.86. The summed E-state index contributed by atoms with van der Waals surface area (Å²) in [6, 6.07) is 8.53. The van der Waals surface area contributed by atoms with E-state index in [1.165, 1.54) is 30.4 Å². The number of nitrogens with zero attached hydrogens (tertiary/aromatic N) is 1. The number of phenolic OH excluding ortho intramolecular Hbond substituents is 1. The van der Waals surface area contributed by atoms with Gasteiger partial charge in [0, 0.05) is 24.7 Å². The first-order chi connectivity index (χ1) is 17.3. The van der Waals surface area contributed by atoms with Crippen LogP contribution in [0.1, 0.15) is 42.6 Å². The summed E-state index contributed by atoms with van der Waals surface area (Å²) in [7, 11) is 0. The summed E-state index contributed by atoms with van der Waals surface area (Å²) < 4.78 is 11.3. The van der Waals surface area contributed by atoms with E-state index in [0.29, 0.717) is 30.9 Å². The number of fused-ring (bicyclic) bond motifs is 1. The molecule has 2 heterocycles. The van der Waals surface area contributed by atoms with Crippen LogP contribution in [-0.2, 0) is 9.53 Å². The molecule has 9 heteroatoms. The van der Waals surface area contributed by atoms with Crippen LogP contribution in [0, 0.1) is 5.92 Å². The maximum absolute atomic E-state index is 12.9. The minimum Gasteiger partial charge on any atom is -0.507 e. The Morgan fingerprint density at radius 3 is 2.72 bits per heavy atom. The minimum absolute atomic E-state index is 0.0402. The Labute approximate surface area is 210 Å². The summed E-state index contributed by atoms with van der Waals surface area (Å²) in [4.78, 5) is 29.3. The van der Waals surface area contributed by atoms with Crippen LogP contribution in [0.2, 0.25) is 0 Å². The van der Waals surface area contributed by atoms with E-state index in [0.717, 1.165) is 5.82 Å². The Balaban J connectivity index is 1.77. The van der Waals surface area contributed by atoms with E-state index in [-0.39, 0.29) is 23.7 Å². The molecule has 1 aromatic carbocycles. The average molecular weight is 497 g/mol. The lowest BCUT2D eigenvalue weighted by Gasteiger charge is -2.20. The van der Waals surface area contributed by atoms with Crippen molar-refractivity contribution in [2.45, 2.75) is 45.0 Å². The zero-order valence-corrected chi connectivity index (χ0v) is 20.3. The molecule has 0 saturated carbocycles. The van der Waals surface area contributed by atoms with Gasteiger partial charge >= 0.3 is 5.97 Å². The molecule has 3 rings (SSSR count). The maximum atomic E-state index is 12.9. The largest absolute Gasteiger partial charge is 0.507 e. The van der Waals surface area contributed by atoms with E-state index >= 15 is 0 Å². The fourth-order valence-electron chi connectivity index (χ4n) is 3.49. The monoisotopic (exact) mass is 496 g/mol. The van der Waals surface area contributed by atoms with Crippen molar-refractivity contribution in [3.8, 4) is 11.5 Å². The molecule has 0 bridgehead atoms. The summed E-state index contributed by atoms with van der Waals surface area (Å²) in [5.74, 6) is -0.906. The van der Waals surface area contributed by atoms with E-state index < -0.39 is 30.1 Å². The smallest absolute Gasteiger partial charge is 0.342 e. The molecule has 9 nitrogen and oxygen atoms in total. The van der Waals surface area contributed by atoms with Crippen LogP contribution >= 0.6 is 0 Å². The fraction of sp³-hybridized carbons (Fsp3) is 0.370. The molecule has 4 atom stereocenters. The highest BCUT2D eigenvalue weighted by atomic mass is 16.5. The number of pyridine rings is 1. The number of aromatic nitrogens is 1. The summed E-state index contributed by atoms with van der Waals surface area (Å²) in [6.07, 6.45) is 4.49. The number of aromatic hydroxyl groups is 1. The van der Waals surface area contributed by atoms with Crippen LogP contribution < -0.4 is 10.1 Å². The predicted octanol–water partition coefficient (Wildman–Crippen LogP) is 3.11. The van der Waals surface area contributed by atoms with Crippen LogP contribution in [0.25, 0.3) is 6.08 Å². The van der Waals surface area contributed by atoms with E-state index in [4.69, 9.17) is 9.47 Å². The van der Waals surface area contributed by atoms with Gasteiger partial charge in [-0.25, -0.2) is 9.78 Å². The van der Waals surface area contributed by atoms with Gasteiger partial charge in [0.1, 0.15) is 35.1 Å². The number of aliphatic hydroxyl groups excluding tert-OH is 2. The van der Waals surface area contributed by atoms with Gasteiger partial charge in [-0.2, -0.15) is 0 Å². The van der Waals surface area contributed by atoms with Gasteiger partial charge in [-0.15, -0.1) is 0 Å². The first-order valence-corrected chi connectivity index (χ1v) is 11.9. The summed E-state index contributed by atoms with van der Waals surface area (Å²) in [5, 5.41) is 34.2. The highest BCUT2D eigenvalue weighted by molar-refractivity contribution is 5.97. The zero-order valence-electron chi connectivity index (χ0n) is 20.3. The Hall–Kier alpha value is -3.69. The molecule has 1 aliphatic rings. The molecule has 4 N–H and O–H groups in total. The third-order valence-electron chi connectivity index (χ3n) is 5.81. The van der Waals surface area contributed by atoms with Gasteiger partial charge in [0.05, 0.1) is 12.7 Å². The second-order valence-corrected chi connectivity index (χ2v) is 8.63. The zero-order chi connectivity index (χ0) is 26.1. The lowest BCUT2D eigenvalue weighted by Crippen LogP contribution is -2.32. The van der Waals surface area contributed by atoms with E-state index in [1.807, 2.05) is 18.2 Å². The number of phenols is 1. The standard InChI is InChI=1S/C27H32N2O7/c1-17-10-11-22(31)26(33)21(30)8-5-7-19-15-20(16-23(32)25(19)27(34)36-18(17)2)35-14-6-13-29-24-9-3-4-12-28-24/h3-5,7,9-12,15-18,21,26,30,32-33H,6,8,13-14H2,1-2H3,(H,28,29)/b7-5+,11-10-/t17?,18?,21?,26-/m0/s1. The Kier molecular flexibility index (Phi) is 9.61. The van der Waals surface area contributed by atoms with Crippen molar-refractivity contribution >= 4 is 23.6 Å². The van der Waals surface area contributed by atoms with Gasteiger partial charge in [0.25, 0.3) is 0 Å². The molecular weight excluding hydrogens is 464 g/mol. The molecule has 192 valence electrons. The van der Waals surface area contributed by atoms with Crippen LogP contribution in [0.4, 0.5) is 5.82 Å². The van der Waals surface area contributed by atoms with Crippen molar-refractivity contribution in [1.29, 1.82) is 0 Å². The maximum Gasteiger partial charge on any atom is 0.342 e. The van der Waals surface area contributed by atoms with Crippen molar-refractivity contribution in [2.24, 2.45) is 5.92 Å². The molecule has 1 aromatic heterocycles. The van der Waals surface area contributed by atoms with E-state index in [2.05, 4.69) is 10.3 Å². The molecule has 3 unspecified atom stereocenters. The van der Waals surface area contributed by atoms with Gasteiger partial charge in [-0.1, -0.05) is 31.2 Å². The number of carbonyl (C=O) groups excluding carboxylic acids is 2. The molecule has 0 spiro atoms. The van der Waals surface area contributed by atoms with Gasteiger partial charge in [0.2, 0.25) is 0 Å². The van der Waals surface area contributed by atoms with Crippen LogP contribution in [0.3, 0.4) is 0 Å². The molecule has 0 amide bonds. The summed E-state index contributed by atoms with van der Waals surface area (Å²) in [6.45, 7) is 4.39. The van der Waals surface area contributed by atoms with Gasteiger partial charge in [0.15, 0.2) is 5.78 Å². The summed E-state index contributed by atoms with van der Waals surface area (Å²) >= 11 is 0. The first kappa shape index (κ1) is 26.9. The normalized spacial score (nSPS) is 24.7. The number of carbonyl (C=O) groups is 2. The molecule has 0 aliphatic carbocycles. The second-order valence-electron chi connectivity index (χ2n) is 8.63. The molecule has 0 radical (unpaired) electrons. The van der Waals surface area contributed by atoms with Crippen molar-refractivity contribution < 1.29 is 34.4 Å². The number of cyclic esters (lactones) is 1. The molecular formula is C27H32N2O7. The molecule has 0 fully saturated rings. The van der Waals surface area contributed by atoms with Crippen molar-refractivity contribution in [3.05, 3.63) is 65.9 Å². The fourth-order valence-corrected chi connectivity index (χ4v) is 3.49. The lowest BCUT2D eigenvalue weighted by molar-refractivity contribution is -0.127. The number of benzene rings is 1. The molecule has 36 heavy (non-hydrogen) atoms. The third kappa shape index (κ3) is 7.40. The van der Waals surface area contributed by atoms with Gasteiger partial charge in [-0.3, -0.25) is 4.79 Å². The predicted molar refractivity (Wildman–Crippen MR) is 135 cm³/mol. The second kappa shape index (κ2) is 12.9. The van der Waals surface area contributed by atoms with Gasteiger partial charge < -0.3 is 30.1 Å². The number of aliphatic hydroxyl groups is 2. The first-order valence-electron chi connectivity index (χ1n) is 11.9. The number of hydrogen-bond donors (Lipinski definition) is 4. The molecule has 2 aromatic rings. The SMILES string of the molecule is CC1/C=C\C(=O)[C@@H](O)C(O)C/C=C/c2cc(OCCCNc3ccccn3)cc(O)c2C(=O)OC1C. The Morgan fingerprint density at radius 1 is 1.17 bits per heavy atom. The number of nitrogens with one attached hydrogen (secondary N) is 1. The third-order valence-corrected chi connectivity index (χ3v) is 5.81. The minimum atomic E-state index is -1.58. The highest BCUT2D eigenvalue weighted by Gasteiger charge is 2.25. The number of anilines is 1. The topological polar surface area (TPSA) is 138 Å². The number of esters is 1. The quantitative estimate of drug-likeness (QED) is 0.351. The van der Waals surface area contributed by atoms with E-state index in [9.17, 15) is 24.9 Å². The lowest BCUT2D eigenvalue weighted by atomic mass is 9.99. The van der Waals surface area contributed by atoms with Crippen molar-refractivity contribution in [3.63, 3.8) is 0 Å². The summed E-state index contributed by atoms with van der Waals surface area (Å²) in [5.41, 5.74) is 0.281.